The second-order valence-electron chi connectivity index (χ2n) is 4.11. The first kappa shape index (κ1) is 10.3. The Hall–Kier alpha value is -1.84. The molecule has 3 aromatic rings. The van der Waals surface area contributed by atoms with Gasteiger partial charge in [0.1, 0.15) is 0 Å². The summed E-state index contributed by atoms with van der Waals surface area (Å²) in [6.45, 7) is 0. The SMILES string of the molecule is OB(O)c1cccc2ccc3ccccc3c12. The number of hydrogen-bond acceptors (Lipinski definition) is 2. The maximum Gasteiger partial charge on any atom is 0.489 e. The van der Waals surface area contributed by atoms with Crippen LogP contribution in [-0.4, -0.2) is 17.2 Å². The van der Waals surface area contributed by atoms with Crippen molar-refractivity contribution in [3.63, 3.8) is 0 Å². The zero-order valence-corrected chi connectivity index (χ0v) is 9.17. The highest BCUT2D eigenvalue weighted by atomic mass is 16.4. The van der Waals surface area contributed by atoms with Gasteiger partial charge in [-0.2, -0.15) is 0 Å². The van der Waals surface area contributed by atoms with E-state index in [0.717, 1.165) is 21.5 Å². The molecule has 3 rings (SSSR count). The van der Waals surface area contributed by atoms with Crippen molar-refractivity contribution < 1.29 is 10.0 Å². The van der Waals surface area contributed by atoms with Crippen molar-refractivity contribution in [1.29, 1.82) is 0 Å². The van der Waals surface area contributed by atoms with Crippen molar-refractivity contribution in [2.24, 2.45) is 0 Å². The Morgan fingerprint density at radius 2 is 1.41 bits per heavy atom. The quantitative estimate of drug-likeness (QED) is 0.485. The second kappa shape index (κ2) is 3.88. The van der Waals surface area contributed by atoms with Crippen LogP contribution in [0.15, 0.2) is 54.6 Å². The summed E-state index contributed by atoms with van der Waals surface area (Å²) in [5, 5.41) is 23.0. The molecular weight excluding hydrogens is 211 g/mol. The lowest BCUT2D eigenvalue weighted by atomic mass is 9.76. The van der Waals surface area contributed by atoms with Gasteiger partial charge >= 0.3 is 7.12 Å². The van der Waals surface area contributed by atoms with E-state index in [4.69, 9.17) is 0 Å². The lowest BCUT2D eigenvalue weighted by Gasteiger charge is -2.09. The van der Waals surface area contributed by atoms with E-state index in [-0.39, 0.29) is 0 Å². The molecule has 17 heavy (non-hydrogen) atoms. The Morgan fingerprint density at radius 3 is 2.24 bits per heavy atom. The highest BCUT2D eigenvalue weighted by Crippen LogP contribution is 2.23. The van der Waals surface area contributed by atoms with Gasteiger partial charge in [0.2, 0.25) is 0 Å². The van der Waals surface area contributed by atoms with Crippen LogP contribution in [-0.2, 0) is 0 Å². The van der Waals surface area contributed by atoms with Gasteiger partial charge in [-0.3, -0.25) is 0 Å². The van der Waals surface area contributed by atoms with Crippen LogP contribution in [0.1, 0.15) is 0 Å². The summed E-state index contributed by atoms with van der Waals surface area (Å²) in [4.78, 5) is 0. The van der Waals surface area contributed by atoms with Crippen LogP contribution in [0.3, 0.4) is 0 Å². The van der Waals surface area contributed by atoms with Gasteiger partial charge in [0.25, 0.3) is 0 Å². The zero-order chi connectivity index (χ0) is 11.8. The average Bonchev–Trinajstić information content (AvgIpc) is 2.37. The fourth-order valence-corrected chi connectivity index (χ4v) is 2.30. The number of rotatable bonds is 1. The van der Waals surface area contributed by atoms with Crippen LogP contribution in [0.5, 0.6) is 0 Å². The minimum absolute atomic E-state index is 0.555. The third-order valence-corrected chi connectivity index (χ3v) is 3.08. The molecule has 0 heterocycles. The standard InChI is InChI=1S/C14H11BO2/c16-15(17)13-7-3-5-11-9-8-10-4-1-2-6-12(10)14(11)13/h1-9,16-17H. The number of fused-ring (bicyclic) bond motifs is 3. The van der Waals surface area contributed by atoms with Crippen LogP contribution >= 0.6 is 0 Å². The molecule has 0 saturated carbocycles. The topological polar surface area (TPSA) is 40.5 Å². The minimum atomic E-state index is -1.44. The van der Waals surface area contributed by atoms with Gasteiger partial charge in [-0.25, -0.2) is 0 Å². The third kappa shape index (κ3) is 1.60. The van der Waals surface area contributed by atoms with Gasteiger partial charge in [-0.1, -0.05) is 54.6 Å². The van der Waals surface area contributed by atoms with E-state index < -0.39 is 7.12 Å². The molecule has 3 heteroatoms. The van der Waals surface area contributed by atoms with Crippen LogP contribution in [0.4, 0.5) is 0 Å². The molecular formula is C14H11BO2. The Balaban J connectivity index is 2.54. The van der Waals surface area contributed by atoms with E-state index in [1.807, 2.05) is 48.5 Å². The van der Waals surface area contributed by atoms with Crippen molar-refractivity contribution in [3.8, 4) is 0 Å². The van der Waals surface area contributed by atoms with Crippen molar-refractivity contribution in [2.75, 3.05) is 0 Å². The van der Waals surface area contributed by atoms with Gasteiger partial charge in [-0.15, -0.1) is 0 Å². The van der Waals surface area contributed by atoms with E-state index >= 15 is 0 Å². The lowest BCUT2D eigenvalue weighted by Crippen LogP contribution is -2.30. The van der Waals surface area contributed by atoms with Gasteiger partial charge in [0.05, 0.1) is 0 Å². The molecule has 0 amide bonds. The molecule has 0 spiro atoms. The normalized spacial score (nSPS) is 10.9. The Morgan fingerprint density at radius 1 is 0.706 bits per heavy atom. The predicted molar refractivity (Wildman–Crippen MR) is 71.3 cm³/mol. The maximum absolute atomic E-state index is 9.44. The van der Waals surface area contributed by atoms with Crippen LogP contribution in [0, 0.1) is 0 Å². The largest absolute Gasteiger partial charge is 0.489 e. The molecule has 3 aromatic carbocycles. The van der Waals surface area contributed by atoms with Crippen molar-refractivity contribution in [2.45, 2.75) is 0 Å². The summed E-state index contributed by atoms with van der Waals surface area (Å²) in [5.74, 6) is 0. The van der Waals surface area contributed by atoms with Gasteiger partial charge in [0, 0.05) is 0 Å². The fourth-order valence-electron chi connectivity index (χ4n) is 2.30. The monoisotopic (exact) mass is 222 g/mol. The van der Waals surface area contributed by atoms with E-state index in [1.54, 1.807) is 6.07 Å². The Kier molecular flexibility index (Phi) is 2.36. The van der Waals surface area contributed by atoms with Crippen molar-refractivity contribution in [1.82, 2.24) is 0 Å². The Bertz CT molecular complexity index is 692. The molecule has 0 radical (unpaired) electrons. The lowest BCUT2D eigenvalue weighted by molar-refractivity contribution is 0.426. The molecule has 0 saturated heterocycles. The molecule has 0 bridgehead atoms. The molecule has 0 aliphatic rings. The predicted octanol–water partition coefficient (Wildman–Crippen LogP) is 1.67. The summed E-state index contributed by atoms with van der Waals surface area (Å²) in [5.41, 5.74) is 0.555. The fraction of sp³-hybridized carbons (Fsp3) is 0. The first-order valence-electron chi connectivity index (χ1n) is 5.54. The molecule has 0 aliphatic heterocycles. The molecule has 0 aliphatic carbocycles. The van der Waals surface area contributed by atoms with E-state index in [1.165, 1.54) is 0 Å². The summed E-state index contributed by atoms with van der Waals surface area (Å²) in [7, 11) is -1.44. The van der Waals surface area contributed by atoms with E-state index in [9.17, 15) is 10.0 Å². The van der Waals surface area contributed by atoms with E-state index in [2.05, 4.69) is 0 Å². The molecule has 82 valence electrons. The Labute approximate surface area is 99.3 Å². The molecule has 0 aromatic heterocycles. The summed E-state index contributed by atoms with van der Waals surface area (Å²) in [6.07, 6.45) is 0. The highest BCUT2D eigenvalue weighted by molar-refractivity contribution is 6.62. The van der Waals surface area contributed by atoms with Crippen molar-refractivity contribution in [3.05, 3.63) is 54.6 Å². The highest BCUT2D eigenvalue weighted by Gasteiger charge is 2.15. The number of hydrogen-bond donors (Lipinski definition) is 2. The van der Waals surface area contributed by atoms with Gasteiger partial charge < -0.3 is 10.0 Å². The maximum atomic E-state index is 9.44. The molecule has 2 N–H and O–H groups in total. The summed E-state index contributed by atoms with van der Waals surface area (Å²) < 4.78 is 0. The molecule has 0 unspecified atom stereocenters. The van der Waals surface area contributed by atoms with Crippen LogP contribution in [0.2, 0.25) is 0 Å². The van der Waals surface area contributed by atoms with Crippen LogP contribution < -0.4 is 5.46 Å². The molecule has 0 atom stereocenters. The second-order valence-corrected chi connectivity index (χ2v) is 4.11. The molecule has 2 nitrogen and oxygen atoms in total. The first-order valence-corrected chi connectivity index (χ1v) is 5.54. The summed E-state index contributed by atoms with van der Waals surface area (Å²) >= 11 is 0. The number of benzene rings is 3. The first-order chi connectivity index (χ1) is 8.27. The van der Waals surface area contributed by atoms with E-state index in [0.29, 0.717) is 5.46 Å². The smallest absolute Gasteiger partial charge is 0.423 e. The zero-order valence-electron chi connectivity index (χ0n) is 9.17. The molecule has 0 fully saturated rings. The van der Waals surface area contributed by atoms with Crippen molar-refractivity contribution >= 4 is 34.1 Å². The summed E-state index contributed by atoms with van der Waals surface area (Å²) in [6, 6.07) is 17.6. The minimum Gasteiger partial charge on any atom is -0.423 e. The van der Waals surface area contributed by atoms with Gasteiger partial charge in [0.15, 0.2) is 0 Å². The average molecular weight is 222 g/mol. The third-order valence-electron chi connectivity index (χ3n) is 3.08. The van der Waals surface area contributed by atoms with Gasteiger partial charge in [-0.05, 0) is 27.0 Å². The van der Waals surface area contributed by atoms with Crippen LogP contribution in [0.25, 0.3) is 21.5 Å².